The first kappa shape index (κ1) is 15.9. The number of nitrogens with one attached hydrogen (secondary N) is 2. The minimum atomic E-state index is -0.608. The van der Waals surface area contributed by atoms with Crippen molar-refractivity contribution < 1.29 is 19.1 Å². The van der Waals surface area contributed by atoms with E-state index in [1.165, 1.54) is 7.11 Å². The number of carbonyl (C=O) groups is 2. The maximum atomic E-state index is 11.4. The molecule has 1 heterocycles. The number of rotatable bonds is 7. The molecule has 1 rings (SSSR count). The average Bonchev–Trinajstić information content (AvgIpc) is 2.44. The first-order valence-electron chi connectivity index (χ1n) is 6.59. The van der Waals surface area contributed by atoms with Crippen molar-refractivity contribution >= 4 is 11.8 Å². The van der Waals surface area contributed by atoms with Gasteiger partial charge in [-0.3, -0.25) is 14.5 Å². The smallest absolute Gasteiger partial charge is 0.309 e. The Morgan fingerprint density at radius 2 is 1.79 bits per heavy atom. The maximum Gasteiger partial charge on any atom is 0.309 e. The normalized spacial score (nSPS) is 16.1. The Kier molecular flexibility index (Phi) is 8.11. The van der Waals surface area contributed by atoms with Crippen LogP contribution in [-0.4, -0.2) is 76.4 Å². The summed E-state index contributed by atoms with van der Waals surface area (Å²) < 4.78 is 10.0. The molecule has 0 saturated carbocycles. The van der Waals surface area contributed by atoms with E-state index in [4.69, 9.17) is 9.47 Å². The van der Waals surface area contributed by atoms with Gasteiger partial charge >= 0.3 is 11.8 Å². The lowest BCUT2D eigenvalue weighted by Crippen LogP contribution is -2.42. The summed E-state index contributed by atoms with van der Waals surface area (Å²) in [6.45, 7) is 5.58. The molecule has 1 aliphatic heterocycles. The van der Waals surface area contributed by atoms with Gasteiger partial charge in [0, 0.05) is 33.3 Å². The summed E-state index contributed by atoms with van der Waals surface area (Å²) in [7, 11) is 1.54. The zero-order chi connectivity index (χ0) is 13.9. The summed E-state index contributed by atoms with van der Waals surface area (Å²) in [6, 6.07) is 0. The van der Waals surface area contributed by atoms with Gasteiger partial charge in [0.2, 0.25) is 0 Å². The Morgan fingerprint density at radius 1 is 1.16 bits per heavy atom. The quantitative estimate of drug-likeness (QED) is 0.440. The summed E-state index contributed by atoms with van der Waals surface area (Å²) in [4.78, 5) is 25.0. The molecule has 0 bridgehead atoms. The number of ether oxygens (including phenoxy) is 2. The van der Waals surface area contributed by atoms with E-state index in [9.17, 15) is 9.59 Å². The number of hydrogen-bond donors (Lipinski definition) is 2. The highest BCUT2D eigenvalue weighted by Gasteiger charge is 2.13. The van der Waals surface area contributed by atoms with Gasteiger partial charge in [0.15, 0.2) is 0 Å². The Morgan fingerprint density at radius 3 is 2.42 bits per heavy atom. The third-order valence-electron chi connectivity index (χ3n) is 2.84. The van der Waals surface area contributed by atoms with Crippen molar-refractivity contribution in [2.45, 2.75) is 6.42 Å². The molecule has 0 spiro atoms. The molecule has 7 heteroatoms. The summed E-state index contributed by atoms with van der Waals surface area (Å²) in [5.74, 6) is -1.19. The van der Waals surface area contributed by atoms with Gasteiger partial charge < -0.3 is 20.1 Å². The molecule has 2 amide bonds. The highest BCUT2D eigenvalue weighted by Crippen LogP contribution is 1.97. The fourth-order valence-electron chi connectivity index (χ4n) is 1.76. The van der Waals surface area contributed by atoms with Crippen LogP contribution < -0.4 is 10.6 Å². The third-order valence-corrected chi connectivity index (χ3v) is 2.84. The molecule has 0 aromatic heterocycles. The first-order valence-corrected chi connectivity index (χ1v) is 6.59. The Bertz CT molecular complexity index is 280. The van der Waals surface area contributed by atoms with Crippen LogP contribution in [0.25, 0.3) is 0 Å². The van der Waals surface area contributed by atoms with Crippen LogP contribution in [0, 0.1) is 0 Å². The van der Waals surface area contributed by atoms with Gasteiger partial charge in [-0.1, -0.05) is 0 Å². The van der Waals surface area contributed by atoms with Crippen molar-refractivity contribution in [1.29, 1.82) is 0 Å². The molecule has 1 saturated heterocycles. The van der Waals surface area contributed by atoms with E-state index >= 15 is 0 Å². The Balaban J connectivity index is 2.01. The van der Waals surface area contributed by atoms with Crippen molar-refractivity contribution in [3.8, 4) is 0 Å². The second-order valence-electron chi connectivity index (χ2n) is 4.31. The number of amides is 2. The molecule has 0 aromatic rings. The van der Waals surface area contributed by atoms with Gasteiger partial charge in [0.25, 0.3) is 0 Å². The van der Waals surface area contributed by atoms with E-state index < -0.39 is 11.8 Å². The number of methoxy groups -OCH3 is 1. The van der Waals surface area contributed by atoms with Crippen molar-refractivity contribution in [2.75, 3.05) is 59.7 Å². The van der Waals surface area contributed by atoms with E-state index in [1.54, 1.807) is 0 Å². The van der Waals surface area contributed by atoms with Crippen molar-refractivity contribution in [3.05, 3.63) is 0 Å². The van der Waals surface area contributed by atoms with Gasteiger partial charge in [-0.2, -0.15) is 0 Å². The molecule has 1 fully saturated rings. The fourth-order valence-corrected chi connectivity index (χ4v) is 1.76. The zero-order valence-electron chi connectivity index (χ0n) is 11.4. The van der Waals surface area contributed by atoms with Crippen molar-refractivity contribution in [2.24, 2.45) is 0 Å². The lowest BCUT2D eigenvalue weighted by molar-refractivity contribution is -0.139. The van der Waals surface area contributed by atoms with Crippen LogP contribution in [0.5, 0.6) is 0 Å². The van der Waals surface area contributed by atoms with Crippen LogP contribution in [-0.2, 0) is 19.1 Å². The lowest BCUT2D eigenvalue weighted by Gasteiger charge is -2.26. The minimum absolute atomic E-state index is 0.344. The Labute approximate surface area is 113 Å². The topological polar surface area (TPSA) is 79.9 Å². The molecular formula is C12H23N3O4. The van der Waals surface area contributed by atoms with E-state index in [1.807, 2.05) is 0 Å². The molecule has 0 atom stereocenters. The molecule has 0 aliphatic carbocycles. The number of morpholine rings is 1. The summed E-state index contributed by atoms with van der Waals surface area (Å²) >= 11 is 0. The molecule has 2 N–H and O–H groups in total. The van der Waals surface area contributed by atoms with E-state index in [0.717, 1.165) is 39.3 Å². The lowest BCUT2D eigenvalue weighted by atomic mass is 10.3. The summed E-state index contributed by atoms with van der Waals surface area (Å²) in [5.41, 5.74) is 0. The zero-order valence-corrected chi connectivity index (χ0v) is 11.4. The Hall–Kier alpha value is -1.18. The monoisotopic (exact) mass is 273 g/mol. The van der Waals surface area contributed by atoms with Crippen LogP contribution >= 0.6 is 0 Å². The van der Waals surface area contributed by atoms with Crippen LogP contribution in [0.1, 0.15) is 6.42 Å². The molecule has 0 aromatic carbocycles. The summed E-state index contributed by atoms with van der Waals surface area (Å²) in [6.07, 6.45) is 0.830. The number of nitrogens with zero attached hydrogens (tertiary/aromatic N) is 1. The second-order valence-corrected chi connectivity index (χ2v) is 4.31. The van der Waals surface area contributed by atoms with Crippen LogP contribution in [0.15, 0.2) is 0 Å². The van der Waals surface area contributed by atoms with Crippen LogP contribution in [0.3, 0.4) is 0 Å². The molecule has 110 valence electrons. The van der Waals surface area contributed by atoms with Crippen molar-refractivity contribution in [1.82, 2.24) is 15.5 Å². The highest BCUT2D eigenvalue weighted by molar-refractivity contribution is 6.35. The van der Waals surface area contributed by atoms with Gasteiger partial charge in [-0.05, 0) is 13.0 Å². The molecule has 0 unspecified atom stereocenters. The SMILES string of the molecule is COCCNC(=O)C(=O)NCCCN1CCOCC1. The molecule has 1 aliphatic rings. The first-order chi connectivity index (χ1) is 9.24. The van der Waals surface area contributed by atoms with E-state index in [2.05, 4.69) is 15.5 Å². The van der Waals surface area contributed by atoms with Gasteiger partial charge in [0.1, 0.15) is 0 Å². The largest absolute Gasteiger partial charge is 0.383 e. The van der Waals surface area contributed by atoms with E-state index in [0.29, 0.717) is 19.7 Å². The van der Waals surface area contributed by atoms with Gasteiger partial charge in [-0.15, -0.1) is 0 Å². The standard InChI is InChI=1S/C12H23N3O4/c1-18-8-4-14-12(17)11(16)13-3-2-5-15-6-9-19-10-7-15/h2-10H2,1H3,(H,13,16)(H,14,17). The maximum absolute atomic E-state index is 11.4. The number of carbonyl (C=O) groups excluding carboxylic acids is 2. The van der Waals surface area contributed by atoms with Crippen LogP contribution in [0.4, 0.5) is 0 Å². The van der Waals surface area contributed by atoms with Crippen molar-refractivity contribution in [3.63, 3.8) is 0 Å². The molecular weight excluding hydrogens is 250 g/mol. The fraction of sp³-hybridized carbons (Fsp3) is 0.833. The number of hydrogen-bond acceptors (Lipinski definition) is 5. The molecule has 0 radical (unpaired) electrons. The molecule has 19 heavy (non-hydrogen) atoms. The van der Waals surface area contributed by atoms with E-state index in [-0.39, 0.29) is 0 Å². The van der Waals surface area contributed by atoms with Crippen LogP contribution in [0.2, 0.25) is 0 Å². The highest BCUT2D eigenvalue weighted by atomic mass is 16.5. The predicted molar refractivity (Wildman–Crippen MR) is 69.8 cm³/mol. The summed E-state index contributed by atoms with van der Waals surface area (Å²) in [5, 5.41) is 5.07. The third kappa shape index (κ3) is 7.09. The van der Waals surface area contributed by atoms with Gasteiger partial charge in [0.05, 0.1) is 19.8 Å². The minimum Gasteiger partial charge on any atom is -0.383 e. The van der Waals surface area contributed by atoms with Gasteiger partial charge in [-0.25, -0.2) is 0 Å². The predicted octanol–water partition coefficient (Wildman–Crippen LogP) is -1.41. The second kappa shape index (κ2) is 9.71. The molecule has 7 nitrogen and oxygen atoms in total. The average molecular weight is 273 g/mol.